The SMILES string of the molecule is C=C/C=C\C1=C(C)CCC(C(=O)NCc2cccc(CC)c2F)=C1. The number of halogens is 1. The summed E-state index contributed by atoms with van der Waals surface area (Å²) in [6.07, 6.45) is 9.65. The van der Waals surface area contributed by atoms with Gasteiger partial charge in [-0.05, 0) is 43.4 Å². The summed E-state index contributed by atoms with van der Waals surface area (Å²) < 4.78 is 14.2. The molecule has 0 saturated heterocycles. The first-order chi connectivity index (χ1) is 11.6. The Bertz CT molecular complexity index is 725. The van der Waals surface area contributed by atoms with Gasteiger partial charge in [0.15, 0.2) is 0 Å². The van der Waals surface area contributed by atoms with Crippen molar-refractivity contribution in [3.8, 4) is 0 Å². The van der Waals surface area contributed by atoms with Crippen molar-refractivity contribution in [2.45, 2.75) is 39.7 Å². The van der Waals surface area contributed by atoms with E-state index in [9.17, 15) is 9.18 Å². The minimum Gasteiger partial charge on any atom is -0.348 e. The molecule has 1 amide bonds. The summed E-state index contributed by atoms with van der Waals surface area (Å²) in [5.74, 6) is -0.350. The highest BCUT2D eigenvalue weighted by molar-refractivity contribution is 5.94. The first-order valence-electron chi connectivity index (χ1n) is 8.30. The molecule has 0 unspecified atom stereocenters. The Morgan fingerprint density at radius 2 is 2.08 bits per heavy atom. The van der Waals surface area contributed by atoms with Crippen molar-refractivity contribution in [1.82, 2.24) is 5.32 Å². The molecule has 0 bridgehead atoms. The van der Waals surface area contributed by atoms with Crippen LogP contribution in [0.4, 0.5) is 4.39 Å². The highest BCUT2D eigenvalue weighted by Crippen LogP contribution is 2.25. The van der Waals surface area contributed by atoms with E-state index in [0.717, 1.165) is 17.6 Å². The van der Waals surface area contributed by atoms with Crippen LogP contribution in [0.5, 0.6) is 0 Å². The maximum atomic E-state index is 14.2. The van der Waals surface area contributed by atoms with Gasteiger partial charge >= 0.3 is 0 Å². The zero-order chi connectivity index (χ0) is 17.5. The number of allylic oxidation sites excluding steroid dienone is 6. The molecule has 1 aliphatic rings. The normalized spacial score (nSPS) is 14.7. The van der Waals surface area contributed by atoms with E-state index in [1.165, 1.54) is 5.57 Å². The lowest BCUT2D eigenvalue weighted by Gasteiger charge is -2.16. The smallest absolute Gasteiger partial charge is 0.247 e. The van der Waals surface area contributed by atoms with Crippen LogP contribution in [0.1, 0.15) is 37.8 Å². The molecule has 0 radical (unpaired) electrons. The Hall–Kier alpha value is -2.42. The number of hydrogen-bond acceptors (Lipinski definition) is 1. The van der Waals surface area contributed by atoms with E-state index in [1.54, 1.807) is 18.2 Å². The third kappa shape index (κ3) is 4.31. The van der Waals surface area contributed by atoms with Crippen LogP contribution in [-0.4, -0.2) is 5.91 Å². The average Bonchev–Trinajstić information content (AvgIpc) is 2.60. The molecule has 24 heavy (non-hydrogen) atoms. The molecular formula is C21H24FNO. The maximum Gasteiger partial charge on any atom is 0.247 e. The Morgan fingerprint density at radius 1 is 1.33 bits per heavy atom. The minimum absolute atomic E-state index is 0.131. The molecule has 0 atom stereocenters. The number of carbonyl (C=O) groups excluding carboxylic acids is 1. The van der Waals surface area contributed by atoms with Gasteiger partial charge in [-0.25, -0.2) is 4.39 Å². The summed E-state index contributed by atoms with van der Waals surface area (Å²) in [7, 11) is 0. The van der Waals surface area contributed by atoms with Crippen LogP contribution in [0.3, 0.4) is 0 Å². The molecular weight excluding hydrogens is 301 g/mol. The van der Waals surface area contributed by atoms with Gasteiger partial charge in [0.1, 0.15) is 5.82 Å². The number of benzene rings is 1. The second-order valence-electron chi connectivity index (χ2n) is 5.93. The molecule has 0 fully saturated rings. The van der Waals surface area contributed by atoms with Gasteiger partial charge in [0, 0.05) is 17.7 Å². The second kappa shape index (κ2) is 8.44. The summed E-state index contributed by atoms with van der Waals surface area (Å²) >= 11 is 0. The van der Waals surface area contributed by atoms with Crippen molar-refractivity contribution >= 4 is 5.91 Å². The lowest BCUT2D eigenvalue weighted by Crippen LogP contribution is -2.26. The molecule has 126 valence electrons. The van der Waals surface area contributed by atoms with Crippen molar-refractivity contribution in [2.24, 2.45) is 0 Å². The van der Waals surface area contributed by atoms with Gasteiger partial charge in [-0.3, -0.25) is 4.79 Å². The molecule has 2 nitrogen and oxygen atoms in total. The summed E-state index contributed by atoms with van der Waals surface area (Å²) in [6, 6.07) is 5.32. The standard InChI is InChI=1S/C21H24FNO/c1-4-6-8-17-13-18(12-11-15(17)3)21(24)23-14-19-10-7-9-16(5-2)20(19)22/h4,6-10,13H,1,5,11-12,14H2,2-3H3,(H,23,24)/b8-6-. The van der Waals surface area contributed by atoms with E-state index >= 15 is 0 Å². The van der Waals surface area contributed by atoms with Crippen molar-refractivity contribution < 1.29 is 9.18 Å². The number of aryl methyl sites for hydroxylation is 1. The molecule has 0 heterocycles. The number of amides is 1. The van der Waals surface area contributed by atoms with Gasteiger partial charge in [-0.2, -0.15) is 0 Å². The van der Waals surface area contributed by atoms with Gasteiger partial charge in [0.05, 0.1) is 0 Å². The fourth-order valence-electron chi connectivity index (χ4n) is 2.72. The van der Waals surface area contributed by atoms with Crippen LogP contribution in [0.2, 0.25) is 0 Å². The van der Waals surface area contributed by atoms with Gasteiger partial charge in [-0.1, -0.05) is 55.5 Å². The highest BCUT2D eigenvalue weighted by Gasteiger charge is 2.16. The van der Waals surface area contributed by atoms with Gasteiger partial charge in [0.2, 0.25) is 5.91 Å². The quantitative estimate of drug-likeness (QED) is 0.749. The van der Waals surface area contributed by atoms with Gasteiger partial charge < -0.3 is 5.32 Å². The largest absolute Gasteiger partial charge is 0.348 e. The zero-order valence-corrected chi connectivity index (χ0v) is 14.4. The molecule has 1 aromatic carbocycles. The Morgan fingerprint density at radius 3 is 2.79 bits per heavy atom. The Balaban J connectivity index is 2.08. The maximum absolute atomic E-state index is 14.2. The fraction of sp³-hybridized carbons (Fsp3) is 0.286. The fourth-order valence-corrected chi connectivity index (χ4v) is 2.72. The molecule has 0 saturated carbocycles. The molecule has 1 aliphatic carbocycles. The molecule has 3 heteroatoms. The lowest BCUT2D eigenvalue weighted by atomic mass is 9.92. The van der Waals surface area contributed by atoms with Crippen LogP contribution >= 0.6 is 0 Å². The van der Waals surface area contributed by atoms with Crippen LogP contribution in [0.25, 0.3) is 0 Å². The van der Waals surface area contributed by atoms with Crippen molar-refractivity contribution in [3.05, 3.63) is 82.7 Å². The van der Waals surface area contributed by atoms with E-state index in [2.05, 4.69) is 18.8 Å². The lowest BCUT2D eigenvalue weighted by molar-refractivity contribution is -0.117. The number of nitrogens with one attached hydrogen (secondary N) is 1. The summed E-state index contributed by atoms with van der Waals surface area (Å²) in [5.41, 5.74) is 4.24. The molecule has 0 aromatic heterocycles. The predicted octanol–water partition coefficient (Wildman–Crippen LogP) is 4.78. The first-order valence-corrected chi connectivity index (χ1v) is 8.30. The minimum atomic E-state index is -0.219. The van der Waals surface area contributed by atoms with E-state index in [-0.39, 0.29) is 18.3 Å². The van der Waals surface area contributed by atoms with Crippen molar-refractivity contribution in [2.75, 3.05) is 0 Å². The van der Waals surface area contributed by atoms with E-state index < -0.39 is 0 Å². The van der Waals surface area contributed by atoms with Gasteiger partial charge in [0.25, 0.3) is 0 Å². The van der Waals surface area contributed by atoms with Crippen LogP contribution in [-0.2, 0) is 17.8 Å². The average molecular weight is 325 g/mol. The predicted molar refractivity (Wildman–Crippen MR) is 97.0 cm³/mol. The molecule has 1 N–H and O–H groups in total. The van der Waals surface area contributed by atoms with Crippen molar-refractivity contribution in [1.29, 1.82) is 0 Å². The zero-order valence-electron chi connectivity index (χ0n) is 14.4. The van der Waals surface area contributed by atoms with E-state index in [1.807, 2.05) is 31.2 Å². The van der Waals surface area contributed by atoms with Crippen molar-refractivity contribution in [3.63, 3.8) is 0 Å². The summed E-state index contributed by atoms with van der Waals surface area (Å²) in [4.78, 5) is 12.4. The molecule has 0 aliphatic heterocycles. The van der Waals surface area contributed by atoms with Gasteiger partial charge in [-0.15, -0.1) is 0 Å². The van der Waals surface area contributed by atoms with Crippen LogP contribution in [0, 0.1) is 5.82 Å². The number of hydrogen-bond donors (Lipinski definition) is 1. The van der Waals surface area contributed by atoms with E-state index in [4.69, 9.17) is 0 Å². The molecule has 2 rings (SSSR count). The second-order valence-corrected chi connectivity index (χ2v) is 5.93. The monoisotopic (exact) mass is 325 g/mol. The summed E-state index contributed by atoms with van der Waals surface area (Å²) in [5, 5.41) is 2.84. The highest BCUT2D eigenvalue weighted by atomic mass is 19.1. The Labute approximate surface area is 143 Å². The topological polar surface area (TPSA) is 29.1 Å². The number of carbonyl (C=O) groups is 1. The first kappa shape index (κ1) is 17.9. The molecule has 1 aromatic rings. The summed E-state index contributed by atoms with van der Waals surface area (Å²) in [6.45, 7) is 7.86. The van der Waals surface area contributed by atoms with E-state index in [0.29, 0.717) is 24.0 Å². The number of rotatable bonds is 6. The molecule has 0 spiro atoms. The van der Waals surface area contributed by atoms with Crippen LogP contribution in [0.15, 0.2) is 65.8 Å². The third-order valence-electron chi connectivity index (χ3n) is 4.27. The third-order valence-corrected chi connectivity index (χ3v) is 4.27. The van der Waals surface area contributed by atoms with Crippen LogP contribution < -0.4 is 5.32 Å². The Kier molecular flexibility index (Phi) is 6.30.